The summed E-state index contributed by atoms with van der Waals surface area (Å²) in [6.45, 7) is 23.9. The summed E-state index contributed by atoms with van der Waals surface area (Å²) in [5, 5.41) is 11.9. The molecular weight excluding hydrogens is 920 g/mol. The maximum atomic E-state index is 13.1. The molecule has 0 radical (unpaired) electrons. The van der Waals surface area contributed by atoms with E-state index in [2.05, 4.69) is 50.1 Å². The first kappa shape index (κ1) is 54.5. The zero-order valence-corrected chi connectivity index (χ0v) is 44.3. The van der Waals surface area contributed by atoms with Gasteiger partial charge < -0.3 is 24.3 Å². The van der Waals surface area contributed by atoms with Gasteiger partial charge in [0, 0.05) is 106 Å². The number of aromatic nitrogens is 3. The van der Waals surface area contributed by atoms with Crippen molar-refractivity contribution in [2.24, 2.45) is 7.05 Å². The SMILES string of the molecule is CC.COC(C)(C)C.Cc1cc(OCCCc2c(C=O)n(CCN3CCN(CC(=O)NCc4ccc5c(c4)CN(C4CCC(=O)NC4=O)C5=O)CC3)c3c(-c4c(C)nn(C)c4C)cccc23)cc(C)c1Cl. The predicted molar refractivity (Wildman–Crippen MR) is 279 cm³/mol. The molecule has 5 aromatic rings. The van der Waals surface area contributed by atoms with Crippen molar-refractivity contribution < 1.29 is 33.4 Å². The number of imide groups is 1. The van der Waals surface area contributed by atoms with E-state index in [4.69, 9.17) is 26.2 Å². The molecule has 382 valence electrons. The van der Waals surface area contributed by atoms with E-state index < -0.39 is 11.9 Å². The van der Waals surface area contributed by atoms with Crippen LogP contribution in [0.3, 0.4) is 0 Å². The third-order valence-electron chi connectivity index (χ3n) is 13.5. The van der Waals surface area contributed by atoms with Crippen LogP contribution in [0.25, 0.3) is 22.0 Å². The molecule has 0 aliphatic carbocycles. The van der Waals surface area contributed by atoms with E-state index in [1.54, 1.807) is 13.2 Å². The van der Waals surface area contributed by atoms with Gasteiger partial charge in [-0.3, -0.25) is 43.8 Å². The Labute approximate surface area is 424 Å². The molecule has 4 amide bonds. The van der Waals surface area contributed by atoms with Gasteiger partial charge in [-0.1, -0.05) is 55.8 Å². The van der Waals surface area contributed by atoms with Crippen LogP contribution in [0.1, 0.15) is 114 Å². The number of carbonyl (C=O) groups is 5. The number of piperidine rings is 1. The highest BCUT2D eigenvalue weighted by atomic mass is 35.5. The quantitative estimate of drug-likeness (QED) is 0.0600. The lowest BCUT2D eigenvalue weighted by molar-refractivity contribution is -0.137. The standard InChI is InChI=1S/C48H55ClN8O6.C5H12O.C2H6/c1-29-22-35(23-30(2)45(29)49)63-21-7-10-37-38-8-6-9-39(44-31(3)52-53(5)32(44)4)46(38)56(41(37)28-58)20-19-54-15-17-55(18-16-54)27-43(60)50-25-33-11-12-36-34(24-33)26-57(48(36)62)40-13-14-42(59)51-47(40)61;1-5(2,3)6-4;1-2/h6,8-9,11-12,22-24,28,40H,7,10,13-21,25-27H2,1-5H3,(H,50,60)(H,51,59,61);1-4H3;1-2H3. The van der Waals surface area contributed by atoms with Gasteiger partial charge in [-0.15, -0.1) is 0 Å². The second kappa shape index (κ2) is 24.0. The van der Waals surface area contributed by atoms with Crippen LogP contribution in [0.2, 0.25) is 5.02 Å². The van der Waals surface area contributed by atoms with E-state index in [0.717, 1.165) is 117 Å². The van der Waals surface area contributed by atoms with E-state index >= 15 is 0 Å². The van der Waals surface area contributed by atoms with Crippen molar-refractivity contribution >= 4 is 52.4 Å². The Bertz CT molecular complexity index is 2720. The average Bonchev–Trinajstić information content (AvgIpc) is 3.93. The minimum atomic E-state index is -0.669. The van der Waals surface area contributed by atoms with Crippen LogP contribution in [-0.4, -0.2) is 124 Å². The highest BCUT2D eigenvalue weighted by molar-refractivity contribution is 6.32. The van der Waals surface area contributed by atoms with Crippen molar-refractivity contribution in [3.8, 4) is 16.9 Å². The molecule has 0 spiro atoms. The van der Waals surface area contributed by atoms with Gasteiger partial charge in [0.1, 0.15) is 11.8 Å². The molecule has 2 aromatic heterocycles. The Kier molecular flexibility index (Phi) is 18.4. The second-order valence-electron chi connectivity index (χ2n) is 19.4. The molecule has 15 nitrogen and oxygen atoms in total. The van der Waals surface area contributed by atoms with Crippen LogP contribution in [0.5, 0.6) is 5.75 Å². The molecule has 5 heterocycles. The van der Waals surface area contributed by atoms with Crippen molar-refractivity contribution in [1.29, 1.82) is 0 Å². The van der Waals surface area contributed by atoms with Crippen LogP contribution < -0.4 is 15.4 Å². The predicted octanol–water partition coefficient (Wildman–Crippen LogP) is 7.91. The summed E-state index contributed by atoms with van der Waals surface area (Å²) in [5.74, 6) is -0.269. The Hall–Kier alpha value is -5.87. The number of amides is 4. The van der Waals surface area contributed by atoms with Crippen molar-refractivity contribution in [3.05, 3.63) is 104 Å². The number of rotatable bonds is 15. The summed E-state index contributed by atoms with van der Waals surface area (Å²) in [4.78, 5) is 69.4. The lowest BCUT2D eigenvalue weighted by atomic mass is 9.98. The van der Waals surface area contributed by atoms with Crippen molar-refractivity contribution in [3.63, 3.8) is 0 Å². The van der Waals surface area contributed by atoms with Gasteiger partial charge in [0.05, 0.1) is 35.7 Å². The minimum Gasteiger partial charge on any atom is -0.494 e. The monoisotopic (exact) mass is 993 g/mol. The fourth-order valence-corrected chi connectivity index (χ4v) is 9.64. The lowest BCUT2D eigenvalue weighted by Crippen LogP contribution is -2.52. The maximum absolute atomic E-state index is 13.1. The van der Waals surface area contributed by atoms with Gasteiger partial charge in [-0.05, 0) is 114 Å². The Morgan fingerprint density at radius 2 is 1.62 bits per heavy atom. The van der Waals surface area contributed by atoms with Crippen LogP contribution in [-0.2, 0) is 52.2 Å². The van der Waals surface area contributed by atoms with Gasteiger partial charge in [0.2, 0.25) is 17.7 Å². The molecule has 2 N–H and O–H groups in total. The second-order valence-corrected chi connectivity index (χ2v) is 19.8. The number of halogens is 1. The summed E-state index contributed by atoms with van der Waals surface area (Å²) in [6, 6.07) is 15.1. The topological polar surface area (TPSA) is 160 Å². The normalized spacial score (nSPS) is 16.3. The first-order valence-corrected chi connectivity index (χ1v) is 25.3. The molecule has 0 saturated carbocycles. The number of benzene rings is 3. The summed E-state index contributed by atoms with van der Waals surface area (Å²) in [6.07, 6.45) is 2.92. The van der Waals surface area contributed by atoms with E-state index in [-0.39, 0.29) is 42.8 Å². The fourth-order valence-electron chi connectivity index (χ4n) is 9.53. The highest BCUT2D eigenvalue weighted by Crippen LogP contribution is 2.38. The number of aryl methyl sites for hydroxylation is 5. The summed E-state index contributed by atoms with van der Waals surface area (Å²) < 4.78 is 15.2. The zero-order valence-electron chi connectivity index (χ0n) is 43.6. The Morgan fingerprint density at radius 1 is 0.944 bits per heavy atom. The summed E-state index contributed by atoms with van der Waals surface area (Å²) in [7, 11) is 3.67. The van der Waals surface area contributed by atoms with Gasteiger partial charge in [-0.2, -0.15) is 5.10 Å². The third-order valence-corrected chi connectivity index (χ3v) is 14.1. The molecule has 1 atom stereocenters. The number of aldehydes is 1. The molecule has 3 aromatic carbocycles. The molecule has 1 unspecified atom stereocenters. The molecule has 16 heteroatoms. The van der Waals surface area contributed by atoms with E-state index in [9.17, 15) is 24.0 Å². The van der Waals surface area contributed by atoms with Crippen molar-refractivity contribution in [2.75, 3.05) is 53.0 Å². The molecule has 3 aliphatic rings. The maximum Gasteiger partial charge on any atom is 0.255 e. The largest absolute Gasteiger partial charge is 0.494 e. The van der Waals surface area contributed by atoms with Crippen LogP contribution >= 0.6 is 11.6 Å². The summed E-state index contributed by atoms with van der Waals surface area (Å²) in [5.41, 5.74) is 11.1. The minimum absolute atomic E-state index is 0.0417. The number of hydrogen-bond donors (Lipinski definition) is 2. The first-order valence-electron chi connectivity index (χ1n) is 24.9. The molecule has 2 fully saturated rings. The van der Waals surface area contributed by atoms with Gasteiger partial charge in [0.25, 0.3) is 5.91 Å². The van der Waals surface area contributed by atoms with E-state index in [0.29, 0.717) is 43.8 Å². The molecule has 8 rings (SSSR count). The smallest absolute Gasteiger partial charge is 0.255 e. The Balaban J connectivity index is 0.000000960. The van der Waals surface area contributed by atoms with E-state index in [1.165, 1.54) is 4.90 Å². The van der Waals surface area contributed by atoms with Gasteiger partial charge in [-0.25, -0.2) is 0 Å². The fraction of sp³-hybridized carbons (Fsp3) is 0.491. The third kappa shape index (κ3) is 13.0. The number of fused-ring (bicyclic) bond motifs is 2. The van der Waals surface area contributed by atoms with Crippen LogP contribution in [0, 0.1) is 27.7 Å². The molecular formula is C55H73ClN8O7. The molecule has 3 aliphatic heterocycles. The zero-order chi connectivity index (χ0) is 51.7. The lowest BCUT2D eigenvalue weighted by Gasteiger charge is -2.34. The Morgan fingerprint density at radius 3 is 2.24 bits per heavy atom. The van der Waals surface area contributed by atoms with E-state index in [1.807, 2.05) is 91.4 Å². The van der Waals surface area contributed by atoms with Crippen LogP contribution in [0.15, 0.2) is 48.5 Å². The first-order chi connectivity index (χ1) is 33.9. The summed E-state index contributed by atoms with van der Waals surface area (Å²) >= 11 is 6.39. The number of carbonyl (C=O) groups excluding carboxylic acids is 5. The van der Waals surface area contributed by atoms with Gasteiger partial charge >= 0.3 is 0 Å². The number of nitrogens with zero attached hydrogens (tertiary/aromatic N) is 6. The average molecular weight is 994 g/mol. The van der Waals surface area contributed by atoms with Crippen LogP contribution in [0.4, 0.5) is 0 Å². The van der Waals surface area contributed by atoms with Gasteiger partial charge in [0.15, 0.2) is 6.29 Å². The van der Waals surface area contributed by atoms with Crippen molar-refractivity contribution in [1.82, 2.24) is 39.7 Å². The number of para-hydroxylation sites is 1. The van der Waals surface area contributed by atoms with Crippen molar-refractivity contribution in [2.45, 2.75) is 119 Å². The number of hydrogen-bond acceptors (Lipinski definition) is 10. The highest BCUT2D eigenvalue weighted by Gasteiger charge is 2.39. The molecule has 2 saturated heterocycles. The number of piperazine rings is 1. The number of nitrogens with one attached hydrogen (secondary N) is 2. The number of ether oxygens (including phenoxy) is 2. The molecule has 71 heavy (non-hydrogen) atoms. The number of methoxy groups -OCH3 is 1. The molecule has 0 bridgehead atoms.